The zero-order valence-electron chi connectivity index (χ0n) is 17.5. The highest BCUT2D eigenvalue weighted by molar-refractivity contribution is 6.01. The van der Waals surface area contributed by atoms with E-state index in [4.69, 9.17) is 10.5 Å². The molecule has 0 aromatic heterocycles. The predicted molar refractivity (Wildman–Crippen MR) is 105 cm³/mol. The third kappa shape index (κ3) is 2.54. The summed E-state index contributed by atoms with van der Waals surface area (Å²) in [5.41, 5.74) is -5.17. The van der Waals surface area contributed by atoms with Crippen molar-refractivity contribution < 1.29 is 39.8 Å². The van der Waals surface area contributed by atoms with Gasteiger partial charge in [0, 0.05) is 16.7 Å². The van der Waals surface area contributed by atoms with Crippen LogP contribution in [0.3, 0.4) is 0 Å². The second kappa shape index (κ2) is 7.31. The second-order valence-corrected chi connectivity index (χ2v) is 9.75. The molecule has 0 radical (unpaired) electrons. The first-order valence-corrected chi connectivity index (χ1v) is 10.3. The van der Waals surface area contributed by atoms with Gasteiger partial charge in [-0.2, -0.15) is 0 Å². The number of Topliss-reactive ketones (excluding diaryl/α,β-unsaturated/α-hetero) is 1. The van der Waals surface area contributed by atoms with Crippen molar-refractivity contribution in [2.24, 2.45) is 28.6 Å². The van der Waals surface area contributed by atoms with Gasteiger partial charge in [-0.15, -0.1) is 0 Å². The molecule has 3 fully saturated rings. The number of carbonyl (C=O) groups is 2. The number of hydrogen-bond donors (Lipinski definition) is 5. The third-order valence-electron chi connectivity index (χ3n) is 8.79. The number of halogens is 1. The molecule has 7 nitrogen and oxygen atoms in total. The van der Waals surface area contributed by atoms with Crippen LogP contribution < -0.4 is 0 Å². The number of allylic oxidation sites excluding steroid dienone is 4. The zero-order chi connectivity index (χ0) is 22.7. The average Bonchev–Trinajstić information content (AvgIpc) is 2.92. The molecule has 8 heteroatoms. The molecule has 0 heterocycles. The standard InChI is InChI=1S/C22H29FO5.H2O2/c1-12-8-16-15-5-4-13-9-14(25)6-7-19(13,2)21(15,23)17(26)10-20(16,3)22(12,28)18(27)11-24;1-2/h6-7,9,12,15-17,24,26,28H,4-5,8,10-11H2,1-3H3;1-2H/t12-,15+,16+,17+,19+,20+,21+,22+;/m1./s1. The normalized spacial score (nSPS) is 49.2. The molecular weight excluding hydrogens is 395 g/mol. The molecule has 4 aliphatic carbocycles. The SMILES string of the molecule is C[C@@H]1C[C@H]2[C@@H]3CCC4=CC(=O)C=C[C@]4(C)[C@@]3(F)[C@@H](O)C[C@]2(C)[C@@]1(O)C(=O)CO.OO. The number of carbonyl (C=O) groups excluding carboxylic acids is 2. The molecule has 0 aromatic carbocycles. The first kappa shape index (κ1) is 23.2. The number of ketones is 2. The first-order valence-electron chi connectivity index (χ1n) is 10.3. The minimum absolute atomic E-state index is 0.0676. The molecule has 30 heavy (non-hydrogen) atoms. The van der Waals surface area contributed by atoms with Crippen molar-refractivity contribution in [2.75, 3.05) is 6.61 Å². The van der Waals surface area contributed by atoms with Crippen molar-refractivity contribution in [1.29, 1.82) is 0 Å². The highest BCUT2D eigenvalue weighted by Gasteiger charge is 2.75. The Balaban J connectivity index is 0.00000124. The fourth-order valence-electron chi connectivity index (χ4n) is 7.26. The summed E-state index contributed by atoms with van der Waals surface area (Å²) in [6, 6.07) is 0. The lowest BCUT2D eigenvalue weighted by molar-refractivity contribution is -0.219. The van der Waals surface area contributed by atoms with Crippen molar-refractivity contribution in [2.45, 2.75) is 63.8 Å². The Hall–Kier alpha value is -1.45. The van der Waals surface area contributed by atoms with Gasteiger partial charge < -0.3 is 15.3 Å². The van der Waals surface area contributed by atoms with Crippen molar-refractivity contribution >= 4 is 11.6 Å². The van der Waals surface area contributed by atoms with E-state index in [0.29, 0.717) is 24.8 Å². The Labute approximate surface area is 174 Å². The van der Waals surface area contributed by atoms with E-state index in [1.54, 1.807) is 26.8 Å². The summed E-state index contributed by atoms with van der Waals surface area (Å²) in [6.07, 6.45) is 4.44. The summed E-state index contributed by atoms with van der Waals surface area (Å²) in [6.45, 7) is 4.48. The summed E-state index contributed by atoms with van der Waals surface area (Å²) in [7, 11) is 0. The molecule has 0 saturated heterocycles. The summed E-state index contributed by atoms with van der Waals surface area (Å²) in [5.74, 6) is -2.12. The number of rotatable bonds is 2. The maximum Gasteiger partial charge on any atom is 0.190 e. The quantitative estimate of drug-likeness (QED) is 0.336. The minimum Gasteiger partial charge on any atom is -0.390 e. The molecule has 0 aromatic rings. The van der Waals surface area contributed by atoms with Crippen LogP contribution >= 0.6 is 0 Å². The molecule has 5 N–H and O–H groups in total. The van der Waals surface area contributed by atoms with Crippen LogP contribution in [0, 0.1) is 28.6 Å². The van der Waals surface area contributed by atoms with Crippen LogP contribution in [0.4, 0.5) is 4.39 Å². The molecular formula is C22H31FO7. The fraction of sp³-hybridized carbons (Fsp3) is 0.727. The molecule has 0 amide bonds. The lowest BCUT2D eigenvalue weighted by Gasteiger charge is -2.62. The maximum absolute atomic E-state index is 16.9. The van der Waals surface area contributed by atoms with Gasteiger partial charge in [-0.25, -0.2) is 4.39 Å². The van der Waals surface area contributed by atoms with E-state index in [1.165, 1.54) is 12.2 Å². The Bertz CT molecular complexity index is 809. The minimum atomic E-state index is -1.98. The highest BCUT2D eigenvalue weighted by Crippen LogP contribution is 2.70. The molecule has 4 rings (SSSR count). The van der Waals surface area contributed by atoms with Crippen LogP contribution in [0.5, 0.6) is 0 Å². The molecule has 0 aliphatic heterocycles. The lowest BCUT2D eigenvalue weighted by atomic mass is 9.44. The molecule has 8 atom stereocenters. The van der Waals surface area contributed by atoms with E-state index in [9.17, 15) is 24.9 Å². The second-order valence-electron chi connectivity index (χ2n) is 9.75. The molecule has 3 saturated carbocycles. The van der Waals surface area contributed by atoms with E-state index in [1.807, 2.05) is 0 Å². The summed E-state index contributed by atoms with van der Waals surface area (Å²) < 4.78 is 16.9. The molecule has 4 aliphatic rings. The van der Waals surface area contributed by atoms with Crippen LogP contribution in [-0.4, -0.2) is 61.4 Å². The van der Waals surface area contributed by atoms with Gasteiger partial charge in [0.2, 0.25) is 0 Å². The van der Waals surface area contributed by atoms with Gasteiger partial charge in [-0.1, -0.05) is 25.5 Å². The van der Waals surface area contributed by atoms with Crippen LogP contribution in [0.2, 0.25) is 0 Å². The van der Waals surface area contributed by atoms with Gasteiger partial charge in [0.1, 0.15) is 12.2 Å². The van der Waals surface area contributed by atoms with Gasteiger partial charge in [0.05, 0.1) is 6.10 Å². The number of fused-ring (bicyclic) bond motifs is 5. The topological polar surface area (TPSA) is 135 Å². The molecule has 0 spiro atoms. The largest absolute Gasteiger partial charge is 0.390 e. The number of aliphatic hydroxyl groups excluding tert-OH is 2. The van der Waals surface area contributed by atoms with Crippen molar-refractivity contribution in [3.05, 3.63) is 23.8 Å². The van der Waals surface area contributed by atoms with E-state index < -0.39 is 52.4 Å². The summed E-state index contributed by atoms with van der Waals surface area (Å²) in [5, 5.41) is 44.0. The van der Waals surface area contributed by atoms with Gasteiger partial charge in [-0.3, -0.25) is 20.1 Å². The number of hydrogen-bond acceptors (Lipinski definition) is 7. The molecule has 0 unspecified atom stereocenters. The highest BCUT2D eigenvalue weighted by atomic mass is 19.1. The summed E-state index contributed by atoms with van der Waals surface area (Å²) in [4.78, 5) is 24.4. The van der Waals surface area contributed by atoms with Crippen molar-refractivity contribution in [3.63, 3.8) is 0 Å². The van der Waals surface area contributed by atoms with Gasteiger partial charge in [-0.05, 0) is 56.6 Å². The number of aliphatic hydroxyl groups is 3. The Morgan fingerprint density at radius 1 is 1.27 bits per heavy atom. The predicted octanol–water partition coefficient (Wildman–Crippen LogP) is 1.91. The Morgan fingerprint density at radius 2 is 1.90 bits per heavy atom. The van der Waals surface area contributed by atoms with Crippen LogP contribution in [0.15, 0.2) is 23.8 Å². The van der Waals surface area contributed by atoms with Gasteiger partial charge in [0.15, 0.2) is 17.2 Å². The van der Waals surface area contributed by atoms with Crippen molar-refractivity contribution in [3.8, 4) is 0 Å². The van der Waals surface area contributed by atoms with Gasteiger partial charge >= 0.3 is 0 Å². The van der Waals surface area contributed by atoms with E-state index in [0.717, 1.165) is 0 Å². The number of alkyl halides is 1. The molecule has 0 bridgehead atoms. The van der Waals surface area contributed by atoms with E-state index >= 15 is 4.39 Å². The average molecular weight is 426 g/mol. The van der Waals surface area contributed by atoms with E-state index in [2.05, 4.69) is 0 Å². The van der Waals surface area contributed by atoms with Crippen LogP contribution in [-0.2, 0) is 9.59 Å². The lowest BCUT2D eigenvalue weighted by Crippen LogP contribution is -2.69. The zero-order valence-corrected chi connectivity index (χ0v) is 17.5. The monoisotopic (exact) mass is 426 g/mol. The maximum atomic E-state index is 16.9. The fourth-order valence-corrected chi connectivity index (χ4v) is 7.26. The van der Waals surface area contributed by atoms with E-state index in [-0.39, 0.29) is 18.1 Å². The Kier molecular flexibility index (Phi) is 5.66. The Morgan fingerprint density at radius 3 is 2.50 bits per heavy atom. The first-order chi connectivity index (χ1) is 14.0. The molecule has 168 valence electrons. The third-order valence-corrected chi connectivity index (χ3v) is 8.79. The smallest absolute Gasteiger partial charge is 0.190 e. The van der Waals surface area contributed by atoms with Gasteiger partial charge in [0.25, 0.3) is 0 Å². The van der Waals surface area contributed by atoms with Crippen molar-refractivity contribution in [1.82, 2.24) is 0 Å². The summed E-state index contributed by atoms with van der Waals surface area (Å²) >= 11 is 0. The van der Waals surface area contributed by atoms with Crippen LogP contribution in [0.25, 0.3) is 0 Å². The van der Waals surface area contributed by atoms with Crippen LogP contribution in [0.1, 0.15) is 46.5 Å².